The smallest absolute Gasteiger partial charge is 0.153 e. The van der Waals surface area contributed by atoms with Gasteiger partial charge in [0, 0.05) is 40.7 Å². The number of aryl methyl sites for hydroxylation is 1. The SMILES string of the molecule is Cn1ccc2cc(-c3c(-c4ccc5[nH]nc(N)c5c4)nnn3Cc3ccccc3)ccc21. The number of nitrogens with two attached hydrogens (primary N) is 1. The zero-order valence-corrected chi connectivity index (χ0v) is 17.5. The van der Waals surface area contributed by atoms with Gasteiger partial charge in [-0.05, 0) is 35.9 Å². The number of hydrogen-bond donors (Lipinski definition) is 2. The fourth-order valence-electron chi connectivity index (χ4n) is 4.27. The van der Waals surface area contributed by atoms with Gasteiger partial charge in [-0.3, -0.25) is 5.10 Å². The van der Waals surface area contributed by atoms with Gasteiger partial charge in [0.2, 0.25) is 0 Å². The molecule has 6 aromatic rings. The fourth-order valence-corrected chi connectivity index (χ4v) is 4.27. The van der Waals surface area contributed by atoms with Crippen LogP contribution in [0.5, 0.6) is 0 Å². The predicted molar refractivity (Wildman–Crippen MR) is 127 cm³/mol. The largest absolute Gasteiger partial charge is 0.382 e. The van der Waals surface area contributed by atoms with Gasteiger partial charge in [0.1, 0.15) is 5.69 Å². The van der Waals surface area contributed by atoms with Crippen molar-refractivity contribution in [3.05, 3.63) is 84.6 Å². The average molecular weight is 419 g/mol. The summed E-state index contributed by atoms with van der Waals surface area (Å²) in [6.07, 6.45) is 2.07. The van der Waals surface area contributed by atoms with Crippen molar-refractivity contribution in [3.8, 4) is 22.5 Å². The normalized spacial score (nSPS) is 11.5. The molecule has 156 valence electrons. The summed E-state index contributed by atoms with van der Waals surface area (Å²) in [4.78, 5) is 0. The Morgan fingerprint density at radius 2 is 1.78 bits per heavy atom. The van der Waals surface area contributed by atoms with Crippen molar-refractivity contribution in [1.29, 1.82) is 0 Å². The van der Waals surface area contributed by atoms with Crippen molar-refractivity contribution in [2.45, 2.75) is 6.54 Å². The van der Waals surface area contributed by atoms with Gasteiger partial charge in [-0.15, -0.1) is 5.10 Å². The van der Waals surface area contributed by atoms with Crippen LogP contribution in [0.3, 0.4) is 0 Å². The molecule has 3 heterocycles. The van der Waals surface area contributed by atoms with Gasteiger partial charge in [0.05, 0.1) is 17.8 Å². The molecule has 0 aliphatic rings. The van der Waals surface area contributed by atoms with Gasteiger partial charge in [-0.25, -0.2) is 4.68 Å². The van der Waals surface area contributed by atoms with E-state index >= 15 is 0 Å². The number of nitrogen functional groups attached to an aromatic ring is 1. The third kappa shape index (κ3) is 2.94. The molecule has 6 rings (SSSR count). The molecule has 0 spiro atoms. The van der Waals surface area contributed by atoms with Gasteiger partial charge in [0.15, 0.2) is 5.82 Å². The van der Waals surface area contributed by atoms with Crippen LogP contribution >= 0.6 is 0 Å². The van der Waals surface area contributed by atoms with Crippen molar-refractivity contribution >= 4 is 27.6 Å². The highest BCUT2D eigenvalue weighted by Crippen LogP contribution is 2.34. The number of fused-ring (bicyclic) bond motifs is 2. The first-order chi connectivity index (χ1) is 15.7. The molecule has 0 unspecified atom stereocenters. The summed E-state index contributed by atoms with van der Waals surface area (Å²) >= 11 is 0. The number of nitrogens with zero attached hydrogens (tertiary/aromatic N) is 5. The monoisotopic (exact) mass is 419 g/mol. The first kappa shape index (κ1) is 18.4. The fraction of sp³-hybridized carbons (Fsp3) is 0.0800. The number of benzene rings is 3. The van der Waals surface area contributed by atoms with Crippen molar-refractivity contribution in [3.63, 3.8) is 0 Å². The van der Waals surface area contributed by atoms with E-state index in [0.717, 1.165) is 33.4 Å². The van der Waals surface area contributed by atoms with Crippen LogP contribution in [0.4, 0.5) is 5.82 Å². The number of anilines is 1. The zero-order valence-electron chi connectivity index (χ0n) is 17.5. The van der Waals surface area contributed by atoms with Crippen LogP contribution in [-0.4, -0.2) is 29.8 Å². The highest BCUT2D eigenvalue weighted by atomic mass is 15.4. The number of nitrogens with one attached hydrogen (secondary N) is 1. The first-order valence-corrected chi connectivity index (χ1v) is 10.4. The Labute approximate surface area is 184 Å². The minimum atomic E-state index is 0.478. The predicted octanol–water partition coefficient (Wildman–Crippen LogP) is 4.61. The van der Waals surface area contributed by atoms with Crippen LogP contribution in [0.15, 0.2) is 79.0 Å². The minimum Gasteiger partial charge on any atom is -0.382 e. The highest BCUT2D eigenvalue weighted by molar-refractivity contribution is 5.94. The Hall–Kier alpha value is -4.39. The number of aromatic amines is 1. The van der Waals surface area contributed by atoms with Crippen molar-refractivity contribution in [1.82, 2.24) is 29.8 Å². The lowest BCUT2D eigenvalue weighted by atomic mass is 10.0. The summed E-state index contributed by atoms with van der Waals surface area (Å²) in [5.74, 6) is 0.478. The van der Waals surface area contributed by atoms with Crippen LogP contribution in [-0.2, 0) is 13.6 Å². The topological polar surface area (TPSA) is 90.3 Å². The molecule has 0 atom stereocenters. The van der Waals surface area contributed by atoms with E-state index < -0.39 is 0 Å². The Kier molecular flexibility index (Phi) is 4.07. The van der Waals surface area contributed by atoms with E-state index in [2.05, 4.69) is 74.7 Å². The van der Waals surface area contributed by atoms with E-state index in [0.29, 0.717) is 12.4 Å². The second-order valence-corrected chi connectivity index (χ2v) is 8.00. The maximum absolute atomic E-state index is 6.06. The number of H-pyrrole nitrogens is 1. The Balaban J connectivity index is 1.55. The van der Waals surface area contributed by atoms with E-state index in [9.17, 15) is 0 Å². The number of aromatic nitrogens is 6. The molecular weight excluding hydrogens is 398 g/mol. The Bertz CT molecular complexity index is 1570. The second-order valence-electron chi connectivity index (χ2n) is 8.00. The minimum absolute atomic E-state index is 0.478. The molecule has 0 saturated heterocycles. The molecule has 3 aromatic heterocycles. The van der Waals surface area contributed by atoms with Crippen molar-refractivity contribution in [2.24, 2.45) is 7.05 Å². The summed E-state index contributed by atoms with van der Waals surface area (Å²) in [5, 5.41) is 18.3. The van der Waals surface area contributed by atoms with Gasteiger partial charge < -0.3 is 10.3 Å². The molecule has 0 amide bonds. The van der Waals surface area contributed by atoms with Crippen molar-refractivity contribution < 1.29 is 0 Å². The Morgan fingerprint density at radius 3 is 2.66 bits per heavy atom. The second kappa shape index (κ2) is 7.09. The van der Waals surface area contributed by atoms with E-state index in [1.807, 2.05) is 41.1 Å². The molecule has 0 aliphatic heterocycles. The molecule has 3 aromatic carbocycles. The molecule has 0 fully saturated rings. The molecule has 0 radical (unpaired) electrons. The third-order valence-corrected chi connectivity index (χ3v) is 5.93. The highest BCUT2D eigenvalue weighted by Gasteiger charge is 2.19. The summed E-state index contributed by atoms with van der Waals surface area (Å²) in [7, 11) is 2.05. The van der Waals surface area contributed by atoms with Crippen LogP contribution in [0.1, 0.15) is 5.56 Å². The lowest BCUT2D eigenvalue weighted by molar-refractivity contribution is 0.656. The number of rotatable bonds is 4. The quantitative estimate of drug-likeness (QED) is 0.437. The molecule has 3 N–H and O–H groups in total. The van der Waals surface area contributed by atoms with Crippen LogP contribution in [0.25, 0.3) is 44.3 Å². The van der Waals surface area contributed by atoms with E-state index in [-0.39, 0.29) is 0 Å². The molecule has 0 saturated carbocycles. The van der Waals surface area contributed by atoms with Gasteiger partial charge in [-0.1, -0.05) is 47.7 Å². The lowest BCUT2D eigenvalue weighted by Crippen LogP contribution is -2.04. The summed E-state index contributed by atoms with van der Waals surface area (Å²) in [6, 6.07) is 24.9. The molecule has 0 bridgehead atoms. The molecule has 0 aliphatic carbocycles. The molecule has 32 heavy (non-hydrogen) atoms. The standard InChI is InChI=1S/C25H21N7/c1-31-12-11-17-13-19(8-10-22(17)31)24-23(18-7-9-21-20(14-18)25(26)29-27-21)28-30-32(24)15-16-5-3-2-4-6-16/h2-14H,15H2,1H3,(H3,26,27,29). The zero-order chi connectivity index (χ0) is 21.7. The third-order valence-electron chi connectivity index (χ3n) is 5.93. The number of hydrogen-bond acceptors (Lipinski definition) is 4. The van der Waals surface area contributed by atoms with E-state index in [1.54, 1.807) is 0 Å². The summed E-state index contributed by atoms with van der Waals surface area (Å²) in [5.41, 5.74) is 13.1. The average Bonchev–Trinajstić information content (AvgIpc) is 3.51. The molecule has 7 heteroatoms. The maximum atomic E-state index is 6.06. The van der Waals surface area contributed by atoms with Gasteiger partial charge >= 0.3 is 0 Å². The maximum Gasteiger partial charge on any atom is 0.153 e. The van der Waals surface area contributed by atoms with E-state index in [4.69, 9.17) is 5.73 Å². The first-order valence-electron chi connectivity index (χ1n) is 10.4. The molecular formula is C25H21N7. The van der Waals surface area contributed by atoms with Gasteiger partial charge in [0.25, 0.3) is 0 Å². The summed E-state index contributed by atoms with van der Waals surface area (Å²) in [6.45, 7) is 0.631. The molecule has 7 nitrogen and oxygen atoms in total. The van der Waals surface area contributed by atoms with E-state index in [1.165, 1.54) is 16.5 Å². The van der Waals surface area contributed by atoms with Crippen LogP contribution < -0.4 is 5.73 Å². The van der Waals surface area contributed by atoms with Crippen molar-refractivity contribution in [2.75, 3.05) is 5.73 Å². The Morgan fingerprint density at radius 1 is 0.938 bits per heavy atom. The van der Waals surface area contributed by atoms with Gasteiger partial charge in [-0.2, -0.15) is 5.10 Å². The lowest BCUT2D eigenvalue weighted by Gasteiger charge is -2.10. The van der Waals surface area contributed by atoms with Crippen LogP contribution in [0, 0.1) is 0 Å². The summed E-state index contributed by atoms with van der Waals surface area (Å²) < 4.78 is 4.09. The van der Waals surface area contributed by atoms with Crippen LogP contribution in [0.2, 0.25) is 0 Å².